The largest absolute Gasteiger partial charge is 0.444 e. The van der Waals surface area contributed by atoms with Gasteiger partial charge in [0, 0.05) is 18.3 Å². The minimum atomic E-state index is -0.489. The molecule has 1 aliphatic heterocycles. The maximum absolute atomic E-state index is 12.8. The molecule has 7 heteroatoms. The van der Waals surface area contributed by atoms with E-state index in [4.69, 9.17) is 4.74 Å². The first-order valence-corrected chi connectivity index (χ1v) is 7.83. The zero-order chi connectivity index (χ0) is 15.5. The first-order chi connectivity index (χ1) is 9.83. The molecule has 21 heavy (non-hydrogen) atoms. The number of piperidine rings is 1. The van der Waals surface area contributed by atoms with Crippen molar-refractivity contribution in [1.29, 1.82) is 0 Å². The highest BCUT2D eigenvalue weighted by Crippen LogP contribution is 2.27. The van der Waals surface area contributed by atoms with E-state index in [2.05, 4.69) is 9.97 Å². The molecule has 0 aliphatic carbocycles. The zero-order valence-corrected chi connectivity index (χ0v) is 13.3. The Labute approximate surface area is 128 Å². The molecular formula is C14H20FN3O2S. The summed E-state index contributed by atoms with van der Waals surface area (Å²) in [6, 6.07) is 0. The van der Waals surface area contributed by atoms with Gasteiger partial charge in [0.2, 0.25) is 0 Å². The number of halogens is 1. The van der Waals surface area contributed by atoms with Crippen LogP contribution < -0.4 is 0 Å². The molecule has 0 unspecified atom stereocenters. The first kappa shape index (κ1) is 16.0. The zero-order valence-electron chi connectivity index (χ0n) is 12.5. The fraction of sp³-hybridized carbons (Fsp3) is 0.643. The van der Waals surface area contributed by atoms with Gasteiger partial charge in [0.05, 0.1) is 12.4 Å². The highest BCUT2D eigenvalue weighted by Gasteiger charge is 2.28. The summed E-state index contributed by atoms with van der Waals surface area (Å²) < 4.78 is 18.2. The van der Waals surface area contributed by atoms with Crippen LogP contribution in [0, 0.1) is 5.82 Å². The van der Waals surface area contributed by atoms with Gasteiger partial charge in [-0.25, -0.2) is 19.2 Å². The van der Waals surface area contributed by atoms with E-state index in [-0.39, 0.29) is 11.3 Å². The van der Waals surface area contributed by atoms with Gasteiger partial charge in [-0.2, -0.15) is 0 Å². The Balaban J connectivity index is 1.91. The second-order valence-corrected chi connectivity index (χ2v) is 7.26. The van der Waals surface area contributed by atoms with Crippen molar-refractivity contribution in [2.75, 3.05) is 13.1 Å². The number of hydrogen-bond donors (Lipinski definition) is 0. The van der Waals surface area contributed by atoms with Gasteiger partial charge in [0.25, 0.3) is 0 Å². The molecule has 2 heterocycles. The van der Waals surface area contributed by atoms with E-state index in [1.165, 1.54) is 11.8 Å². The van der Waals surface area contributed by atoms with Crippen LogP contribution in [0.3, 0.4) is 0 Å². The van der Waals surface area contributed by atoms with E-state index >= 15 is 0 Å². The SMILES string of the molecule is CC(C)(C)OC(=O)N1CCC[C@H](Sc2ncc(F)cn2)C1. The molecule has 5 nitrogen and oxygen atoms in total. The summed E-state index contributed by atoms with van der Waals surface area (Å²) in [5, 5.41) is 0.740. The van der Waals surface area contributed by atoms with Crippen molar-refractivity contribution in [1.82, 2.24) is 14.9 Å². The Morgan fingerprint density at radius 3 is 2.71 bits per heavy atom. The van der Waals surface area contributed by atoms with E-state index in [1.54, 1.807) is 4.90 Å². The minimum absolute atomic E-state index is 0.205. The van der Waals surface area contributed by atoms with Crippen LogP contribution >= 0.6 is 11.8 Å². The van der Waals surface area contributed by atoms with E-state index in [1.807, 2.05) is 20.8 Å². The lowest BCUT2D eigenvalue weighted by Gasteiger charge is -2.33. The van der Waals surface area contributed by atoms with E-state index in [0.717, 1.165) is 25.2 Å². The Kier molecular flexibility index (Phi) is 5.03. The lowest BCUT2D eigenvalue weighted by atomic mass is 10.1. The minimum Gasteiger partial charge on any atom is -0.444 e. The van der Waals surface area contributed by atoms with Gasteiger partial charge in [0.1, 0.15) is 5.60 Å². The van der Waals surface area contributed by atoms with Crippen LogP contribution in [0.1, 0.15) is 33.6 Å². The molecule has 1 aromatic rings. The molecule has 1 aliphatic rings. The van der Waals surface area contributed by atoms with Crippen molar-refractivity contribution in [2.24, 2.45) is 0 Å². The molecule has 1 aromatic heterocycles. The number of likely N-dealkylation sites (tertiary alicyclic amines) is 1. The monoisotopic (exact) mass is 313 g/mol. The second-order valence-electron chi connectivity index (χ2n) is 5.99. The van der Waals surface area contributed by atoms with Crippen molar-refractivity contribution in [3.05, 3.63) is 18.2 Å². The van der Waals surface area contributed by atoms with Crippen LogP contribution in [0.5, 0.6) is 0 Å². The number of nitrogens with zero attached hydrogens (tertiary/aromatic N) is 3. The fourth-order valence-corrected chi connectivity index (χ4v) is 3.10. The fourth-order valence-electron chi connectivity index (χ4n) is 2.04. The summed E-state index contributed by atoms with van der Waals surface area (Å²) in [5.74, 6) is -0.446. The van der Waals surface area contributed by atoms with Crippen molar-refractivity contribution in [2.45, 2.75) is 49.6 Å². The Morgan fingerprint density at radius 1 is 1.43 bits per heavy atom. The highest BCUT2D eigenvalue weighted by molar-refractivity contribution is 7.99. The number of amides is 1. The summed E-state index contributed by atoms with van der Waals surface area (Å²) in [6.07, 6.45) is 3.92. The van der Waals surface area contributed by atoms with Gasteiger partial charge in [-0.15, -0.1) is 0 Å². The predicted octanol–water partition coefficient (Wildman–Crippen LogP) is 3.11. The average molecular weight is 313 g/mol. The summed E-state index contributed by atoms with van der Waals surface area (Å²) in [6.45, 7) is 6.87. The molecule has 116 valence electrons. The van der Waals surface area contributed by atoms with Crippen LogP contribution in [0.15, 0.2) is 17.6 Å². The quantitative estimate of drug-likeness (QED) is 0.785. The summed E-state index contributed by atoms with van der Waals surface area (Å²) >= 11 is 1.47. The smallest absolute Gasteiger partial charge is 0.410 e. The third-order valence-electron chi connectivity index (χ3n) is 2.90. The number of rotatable bonds is 2. The third-order valence-corrected chi connectivity index (χ3v) is 4.04. The Morgan fingerprint density at radius 2 is 2.10 bits per heavy atom. The average Bonchev–Trinajstić information content (AvgIpc) is 2.40. The number of carbonyl (C=O) groups is 1. The van der Waals surface area contributed by atoms with E-state index < -0.39 is 11.4 Å². The summed E-state index contributed by atoms with van der Waals surface area (Å²) in [5.41, 5.74) is -0.489. The molecule has 0 bridgehead atoms. The second kappa shape index (κ2) is 6.60. The predicted molar refractivity (Wildman–Crippen MR) is 78.7 cm³/mol. The maximum atomic E-state index is 12.8. The van der Waals surface area contributed by atoms with Crippen molar-refractivity contribution in [3.8, 4) is 0 Å². The first-order valence-electron chi connectivity index (χ1n) is 6.95. The molecule has 1 saturated heterocycles. The van der Waals surface area contributed by atoms with Crippen molar-refractivity contribution in [3.63, 3.8) is 0 Å². The van der Waals surface area contributed by atoms with Gasteiger partial charge < -0.3 is 9.64 Å². The normalized spacial score (nSPS) is 19.4. The standard InChI is InChI=1S/C14H20FN3O2S/c1-14(2,3)20-13(19)18-6-4-5-11(9-18)21-12-16-7-10(15)8-17-12/h7-8,11H,4-6,9H2,1-3H3/t11-/m0/s1. The third kappa shape index (κ3) is 5.15. The number of carbonyl (C=O) groups excluding carboxylic acids is 1. The molecule has 0 spiro atoms. The number of thioether (sulfide) groups is 1. The van der Waals surface area contributed by atoms with Crippen LogP contribution in [-0.2, 0) is 4.74 Å². The molecule has 1 fully saturated rings. The van der Waals surface area contributed by atoms with Crippen LogP contribution in [0.4, 0.5) is 9.18 Å². The van der Waals surface area contributed by atoms with Gasteiger partial charge >= 0.3 is 6.09 Å². The molecule has 1 amide bonds. The van der Waals surface area contributed by atoms with Crippen molar-refractivity contribution < 1.29 is 13.9 Å². The molecule has 1 atom stereocenters. The molecule has 0 radical (unpaired) electrons. The topological polar surface area (TPSA) is 55.3 Å². The Bertz CT molecular complexity index is 490. The van der Waals surface area contributed by atoms with E-state index in [9.17, 15) is 9.18 Å². The summed E-state index contributed by atoms with van der Waals surface area (Å²) in [7, 11) is 0. The van der Waals surface area contributed by atoms with Gasteiger partial charge in [-0.05, 0) is 33.6 Å². The molecule has 0 N–H and O–H groups in total. The Hall–Kier alpha value is -1.37. The number of ether oxygens (including phenoxy) is 1. The lowest BCUT2D eigenvalue weighted by molar-refractivity contribution is 0.0220. The van der Waals surface area contributed by atoms with Gasteiger partial charge in [0.15, 0.2) is 11.0 Å². The molecule has 2 rings (SSSR count). The van der Waals surface area contributed by atoms with Gasteiger partial charge in [-0.1, -0.05) is 11.8 Å². The van der Waals surface area contributed by atoms with Crippen LogP contribution in [-0.4, -0.2) is 44.9 Å². The molecular weight excluding hydrogens is 293 g/mol. The molecule has 0 aromatic carbocycles. The number of aromatic nitrogens is 2. The summed E-state index contributed by atoms with van der Waals surface area (Å²) in [4.78, 5) is 21.7. The number of hydrogen-bond acceptors (Lipinski definition) is 5. The van der Waals surface area contributed by atoms with E-state index in [0.29, 0.717) is 18.2 Å². The van der Waals surface area contributed by atoms with Crippen LogP contribution in [0.2, 0.25) is 0 Å². The van der Waals surface area contributed by atoms with Crippen molar-refractivity contribution >= 4 is 17.9 Å². The molecule has 0 saturated carbocycles. The maximum Gasteiger partial charge on any atom is 0.410 e. The lowest BCUT2D eigenvalue weighted by Crippen LogP contribution is -2.43. The van der Waals surface area contributed by atoms with Gasteiger partial charge in [-0.3, -0.25) is 0 Å². The van der Waals surface area contributed by atoms with Crippen LogP contribution in [0.25, 0.3) is 0 Å². The highest BCUT2D eigenvalue weighted by atomic mass is 32.2.